The molecule has 1 amide bonds. The molecule has 1 unspecified atom stereocenters. The number of nitrogens with one attached hydrogen (secondary N) is 1. The molecule has 0 fully saturated rings. The average Bonchev–Trinajstić information content (AvgIpc) is 2.33. The Morgan fingerprint density at radius 2 is 2.22 bits per heavy atom. The summed E-state index contributed by atoms with van der Waals surface area (Å²) in [6.07, 6.45) is 2.30. The Kier molecular flexibility index (Phi) is 5.35. The minimum atomic E-state index is -0.459. The van der Waals surface area contributed by atoms with E-state index < -0.39 is 11.9 Å². The summed E-state index contributed by atoms with van der Waals surface area (Å²) in [4.78, 5) is 19.3. The van der Waals surface area contributed by atoms with Gasteiger partial charge in [0.25, 0.3) is 0 Å². The monoisotopic (exact) mass is 252 g/mol. The molecule has 1 aromatic heterocycles. The Morgan fingerprint density at radius 1 is 1.50 bits per heavy atom. The molecule has 0 bridgehead atoms. The van der Waals surface area contributed by atoms with Crippen LogP contribution in [-0.4, -0.2) is 28.5 Å². The maximum absolute atomic E-state index is 11.3. The van der Waals surface area contributed by atoms with E-state index in [1.807, 2.05) is 20.8 Å². The molecule has 0 aromatic carbocycles. The maximum atomic E-state index is 11.3. The van der Waals surface area contributed by atoms with Gasteiger partial charge in [-0.2, -0.15) is 0 Å². The van der Waals surface area contributed by atoms with Crippen LogP contribution in [0.1, 0.15) is 27.2 Å². The molecule has 100 valence electrons. The van der Waals surface area contributed by atoms with E-state index in [1.165, 1.54) is 6.33 Å². The smallest absolute Gasteiger partial charge is 0.240 e. The van der Waals surface area contributed by atoms with Gasteiger partial charge in [-0.05, 0) is 12.3 Å². The van der Waals surface area contributed by atoms with Crippen molar-refractivity contribution in [2.24, 2.45) is 11.7 Å². The van der Waals surface area contributed by atoms with Crippen molar-refractivity contribution in [2.45, 2.75) is 33.2 Å². The van der Waals surface area contributed by atoms with Crippen molar-refractivity contribution in [2.75, 3.05) is 11.9 Å². The Morgan fingerprint density at radius 3 is 2.78 bits per heavy atom. The lowest BCUT2D eigenvalue weighted by Crippen LogP contribution is -2.39. The summed E-state index contributed by atoms with van der Waals surface area (Å²) in [5, 5.41) is 2.99. The molecular formula is C12H20N4O2. The molecule has 18 heavy (non-hydrogen) atoms. The number of nitrogens with zero attached hydrogens (tertiary/aromatic N) is 2. The Balaban J connectivity index is 2.74. The number of hydrogen-bond acceptors (Lipinski definition) is 5. The molecular weight excluding hydrogens is 232 g/mol. The number of carbonyl (C=O) groups is 1. The van der Waals surface area contributed by atoms with Crippen LogP contribution in [0.15, 0.2) is 12.4 Å². The molecule has 6 nitrogen and oxygen atoms in total. The van der Waals surface area contributed by atoms with Gasteiger partial charge in [-0.3, -0.25) is 4.79 Å². The number of aromatic nitrogens is 2. The number of nitrogens with two attached hydrogens (primary N) is 1. The van der Waals surface area contributed by atoms with Crippen molar-refractivity contribution >= 4 is 11.7 Å². The van der Waals surface area contributed by atoms with Crippen LogP contribution in [0.2, 0.25) is 0 Å². The summed E-state index contributed by atoms with van der Waals surface area (Å²) in [6.45, 7) is 6.44. The topological polar surface area (TPSA) is 90.1 Å². The predicted octanol–water partition coefficient (Wildman–Crippen LogP) is 1.19. The van der Waals surface area contributed by atoms with Gasteiger partial charge in [0.15, 0.2) is 0 Å². The van der Waals surface area contributed by atoms with E-state index in [0.29, 0.717) is 18.3 Å². The van der Waals surface area contributed by atoms with Crippen LogP contribution >= 0.6 is 0 Å². The molecule has 0 radical (unpaired) electrons. The van der Waals surface area contributed by atoms with E-state index >= 15 is 0 Å². The van der Waals surface area contributed by atoms with Crippen molar-refractivity contribution in [1.29, 1.82) is 0 Å². The van der Waals surface area contributed by atoms with Crippen molar-refractivity contribution in [3.05, 3.63) is 12.4 Å². The number of amides is 1. The van der Waals surface area contributed by atoms with Crippen LogP contribution < -0.4 is 15.8 Å². The van der Waals surface area contributed by atoms with Crippen LogP contribution in [0.25, 0.3) is 0 Å². The van der Waals surface area contributed by atoms with Crippen molar-refractivity contribution in [3.63, 3.8) is 0 Å². The zero-order chi connectivity index (χ0) is 13.5. The highest BCUT2D eigenvalue weighted by Gasteiger charge is 2.19. The van der Waals surface area contributed by atoms with E-state index in [9.17, 15) is 4.79 Å². The van der Waals surface area contributed by atoms with Gasteiger partial charge in [0.2, 0.25) is 11.8 Å². The standard InChI is InChI=1S/C12H20N4O2/c1-4-5-18-10-6-9(14-7-15-10)16-11(8(2)3)12(13)17/h6-8,11H,4-5H2,1-3H3,(H2,13,17)(H,14,15,16). The highest BCUT2D eigenvalue weighted by Crippen LogP contribution is 2.14. The molecule has 1 heterocycles. The summed E-state index contributed by atoms with van der Waals surface area (Å²) < 4.78 is 5.39. The molecule has 1 rings (SSSR count). The van der Waals surface area contributed by atoms with Gasteiger partial charge < -0.3 is 15.8 Å². The molecule has 0 aliphatic heterocycles. The maximum Gasteiger partial charge on any atom is 0.240 e. The van der Waals surface area contributed by atoms with Gasteiger partial charge >= 0.3 is 0 Å². The predicted molar refractivity (Wildman–Crippen MR) is 69.3 cm³/mol. The quantitative estimate of drug-likeness (QED) is 0.760. The van der Waals surface area contributed by atoms with E-state index in [1.54, 1.807) is 6.07 Å². The normalized spacial score (nSPS) is 12.2. The Labute approximate surface area is 107 Å². The third-order valence-electron chi connectivity index (χ3n) is 2.37. The second-order valence-corrected chi connectivity index (χ2v) is 4.36. The number of carbonyl (C=O) groups excluding carboxylic acids is 1. The lowest BCUT2D eigenvalue weighted by atomic mass is 10.0. The van der Waals surface area contributed by atoms with Crippen LogP contribution in [0, 0.1) is 5.92 Å². The van der Waals surface area contributed by atoms with Gasteiger partial charge in [-0.15, -0.1) is 0 Å². The van der Waals surface area contributed by atoms with Gasteiger partial charge in [-0.1, -0.05) is 20.8 Å². The molecule has 0 spiro atoms. The SMILES string of the molecule is CCCOc1cc(NC(C(N)=O)C(C)C)ncn1. The van der Waals surface area contributed by atoms with Crippen molar-refractivity contribution < 1.29 is 9.53 Å². The summed E-state index contributed by atoms with van der Waals surface area (Å²) in [5.41, 5.74) is 5.33. The van der Waals surface area contributed by atoms with E-state index in [-0.39, 0.29) is 5.92 Å². The molecule has 1 aromatic rings. The van der Waals surface area contributed by atoms with Crippen LogP contribution in [0.3, 0.4) is 0 Å². The lowest BCUT2D eigenvalue weighted by Gasteiger charge is -2.19. The van der Waals surface area contributed by atoms with Crippen LogP contribution in [0.4, 0.5) is 5.82 Å². The first-order valence-electron chi connectivity index (χ1n) is 6.05. The van der Waals surface area contributed by atoms with E-state index in [4.69, 9.17) is 10.5 Å². The molecule has 0 aliphatic carbocycles. The fraction of sp³-hybridized carbons (Fsp3) is 0.583. The number of ether oxygens (including phenoxy) is 1. The van der Waals surface area contributed by atoms with Crippen LogP contribution in [0.5, 0.6) is 5.88 Å². The van der Waals surface area contributed by atoms with E-state index in [0.717, 1.165) is 6.42 Å². The summed E-state index contributed by atoms with van der Waals surface area (Å²) in [7, 11) is 0. The number of primary amides is 1. The van der Waals surface area contributed by atoms with Crippen molar-refractivity contribution in [3.8, 4) is 5.88 Å². The first kappa shape index (κ1) is 14.2. The molecule has 6 heteroatoms. The average molecular weight is 252 g/mol. The third-order valence-corrected chi connectivity index (χ3v) is 2.37. The van der Waals surface area contributed by atoms with Gasteiger partial charge in [-0.25, -0.2) is 9.97 Å². The first-order valence-corrected chi connectivity index (χ1v) is 6.05. The largest absolute Gasteiger partial charge is 0.478 e. The zero-order valence-electron chi connectivity index (χ0n) is 11.0. The number of anilines is 1. The minimum absolute atomic E-state index is 0.0810. The van der Waals surface area contributed by atoms with Crippen LogP contribution in [-0.2, 0) is 4.79 Å². The first-order chi connectivity index (χ1) is 8.54. The summed E-state index contributed by atoms with van der Waals surface area (Å²) in [6, 6.07) is 1.20. The minimum Gasteiger partial charge on any atom is -0.478 e. The lowest BCUT2D eigenvalue weighted by molar-refractivity contribution is -0.119. The number of rotatable bonds is 7. The Bertz CT molecular complexity index is 395. The molecule has 1 atom stereocenters. The fourth-order valence-electron chi connectivity index (χ4n) is 1.43. The third kappa shape index (κ3) is 4.20. The second kappa shape index (κ2) is 6.78. The van der Waals surface area contributed by atoms with Gasteiger partial charge in [0.05, 0.1) is 6.61 Å². The molecule has 0 aliphatic rings. The Hall–Kier alpha value is -1.85. The summed E-state index contributed by atoms with van der Waals surface area (Å²) in [5.74, 6) is 0.701. The molecule has 0 saturated heterocycles. The fourth-order valence-corrected chi connectivity index (χ4v) is 1.43. The van der Waals surface area contributed by atoms with Gasteiger partial charge in [0, 0.05) is 6.07 Å². The highest BCUT2D eigenvalue weighted by molar-refractivity contribution is 5.82. The zero-order valence-corrected chi connectivity index (χ0v) is 11.0. The van der Waals surface area contributed by atoms with Crippen molar-refractivity contribution in [1.82, 2.24) is 9.97 Å². The van der Waals surface area contributed by atoms with Gasteiger partial charge in [0.1, 0.15) is 18.2 Å². The summed E-state index contributed by atoms with van der Waals surface area (Å²) >= 11 is 0. The molecule has 3 N–H and O–H groups in total. The molecule has 0 saturated carbocycles. The van der Waals surface area contributed by atoms with E-state index in [2.05, 4.69) is 15.3 Å². The second-order valence-electron chi connectivity index (χ2n) is 4.36. The number of hydrogen-bond donors (Lipinski definition) is 2. The highest BCUT2D eigenvalue weighted by atomic mass is 16.5.